The number of aromatic nitrogens is 2. The lowest BCUT2D eigenvalue weighted by molar-refractivity contribution is -0.899. The van der Waals surface area contributed by atoms with E-state index in [2.05, 4.69) is 59.6 Å². The summed E-state index contributed by atoms with van der Waals surface area (Å²) in [6, 6.07) is 10.4. The first-order chi connectivity index (χ1) is 13.4. The maximum absolute atomic E-state index is 11.9. The Morgan fingerprint density at radius 1 is 1.21 bits per heavy atom. The van der Waals surface area contributed by atoms with Crippen LogP contribution in [0.25, 0.3) is 0 Å². The van der Waals surface area contributed by atoms with Crippen molar-refractivity contribution in [3.8, 4) is 0 Å². The first-order valence-corrected chi connectivity index (χ1v) is 10.9. The van der Waals surface area contributed by atoms with E-state index in [1.54, 1.807) is 4.90 Å². The molecule has 1 aliphatic heterocycles. The van der Waals surface area contributed by atoms with Crippen LogP contribution in [0.1, 0.15) is 38.6 Å². The van der Waals surface area contributed by atoms with E-state index in [4.69, 9.17) is 4.98 Å². The van der Waals surface area contributed by atoms with Gasteiger partial charge < -0.3 is 15.1 Å². The van der Waals surface area contributed by atoms with Crippen LogP contribution in [0.15, 0.2) is 30.3 Å². The van der Waals surface area contributed by atoms with Crippen LogP contribution in [-0.4, -0.2) is 54.5 Å². The first-order valence-electron chi connectivity index (χ1n) is 10.1. The molecule has 2 heterocycles. The van der Waals surface area contributed by atoms with Gasteiger partial charge in [-0.3, -0.25) is 4.79 Å². The van der Waals surface area contributed by atoms with Crippen molar-refractivity contribution < 1.29 is 9.69 Å². The second-order valence-corrected chi connectivity index (χ2v) is 9.46. The highest BCUT2D eigenvalue weighted by Crippen LogP contribution is 2.19. The zero-order chi connectivity index (χ0) is 20.0. The largest absolute Gasteiger partial charge is 0.350 e. The van der Waals surface area contributed by atoms with Crippen molar-refractivity contribution in [2.45, 2.75) is 33.6 Å². The number of hydrogen-bond acceptors (Lipinski definition) is 5. The minimum atomic E-state index is 0.0453. The van der Waals surface area contributed by atoms with E-state index in [9.17, 15) is 4.79 Å². The molecule has 1 aromatic heterocycles. The third-order valence-electron chi connectivity index (χ3n) is 4.90. The molecule has 7 heteroatoms. The minimum absolute atomic E-state index is 0.0453. The van der Waals surface area contributed by atoms with Gasteiger partial charge in [0.15, 0.2) is 0 Å². The van der Waals surface area contributed by atoms with E-state index >= 15 is 0 Å². The summed E-state index contributed by atoms with van der Waals surface area (Å²) in [4.78, 5) is 20.6. The van der Waals surface area contributed by atoms with Gasteiger partial charge in [-0.1, -0.05) is 51.1 Å². The molecule has 1 aliphatic rings. The summed E-state index contributed by atoms with van der Waals surface area (Å²) >= 11 is 1.50. The highest BCUT2D eigenvalue weighted by atomic mass is 32.1. The Morgan fingerprint density at radius 3 is 2.61 bits per heavy atom. The smallest absolute Gasteiger partial charge is 0.220 e. The van der Waals surface area contributed by atoms with E-state index in [0.29, 0.717) is 6.42 Å². The fourth-order valence-corrected chi connectivity index (χ4v) is 4.15. The molecule has 6 nitrogen and oxygen atoms in total. The normalized spacial score (nSPS) is 15.6. The molecular formula is C21H32N5OS+. The lowest BCUT2D eigenvalue weighted by atomic mass is 9.92. The molecule has 2 N–H and O–H groups in total. The van der Waals surface area contributed by atoms with Crippen molar-refractivity contribution in [2.75, 3.05) is 44.2 Å². The van der Waals surface area contributed by atoms with Crippen LogP contribution in [0.2, 0.25) is 0 Å². The number of benzene rings is 1. The third-order valence-corrected chi connectivity index (χ3v) is 5.71. The number of nitrogens with zero attached hydrogens (tertiary/aromatic N) is 3. The predicted octanol–water partition coefficient (Wildman–Crippen LogP) is 1.39. The number of piperazine rings is 1. The Labute approximate surface area is 172 Å². The van der Waals surface area contributed by atoms with E-state index in [-0.39, 0.29) is 11.3 Å². The average molecular weight is 403 g/mol. The van der Waals surface area contributed by atoms with Gasteiger partial charge >= 0.3 is 0 Å². The maximum Gasteiger partial charge on any atom is 0.220 e. The van der Waals surface area contributed by atoms with Gasteiger partial charge in [0, 0.05) is 24.4 Å². The number of carbonyl (C=O) groups excluding carboxylic acids is 1. The predicted molar refractivity (Wildman–Crippen MR) is 114 cm³/mol. The van der Waals surface area contributed by atoms with Crippen molar-refractivity contribution in [3.05, 3.63) is 41.7 Å². The molecule has 3 rings (SSSR count). The number of hydrogen-bond donors (Lipinski definition) is 2. The van der Waals surface area contributed by atoms with Crippen LogP contribution in [0.5, 0.6) is 0 Å². The van der Waals surface area contributed by atoms with Crippen molar-refractivity contribution in [2.24, 2.45) is 5.41 Å². The zero-order valence-electron chi connectivity index (χ0n) is 17.2. The van der Waals surface area contributed by atoms with E-state index in [0.717, 1.165) is 56.6 Å². The number of anilines is 1. The molecule has 1 amide bonds. The lowest BCUT2D eigenvalue weighted by Gasteiger charge is -2.31. The van der Waals surface area contributed by atoms with Crippen LogP contribution in [-0.2, 0) is 11.2 Å². The lowest BCUT2D eigenvalue weighted by Crippen LogP contribution is -3.15. The van der Waals surface area contributed by atoms with Gasteiger partial charge in [0.1, 0.15) is 5.82 Å². The standard InChI is InChI=1S/C21H31N5OS/c1-21(2,3)16-19(27)22-9-10-25-11-13-26(14-12-25)20-23-18(24-28-20)15-17-7-5-4-6-8-17/h4-8H,9-16H2,1-3H3,(H,22,27)/p+1. The van der Waals surface area contributed by atoms with Crippen LogP contribution in [0.4, 0.5) is 5.13 Å². The fourth-order valence-electron chi connectivity index (χ4n) is 3.41. The van der Waals surface area contributed by atoms with E-state index < -0.39 is 0 Å². The molecule has 0 spiro atoms. The number of amides is 1. The number of quaternary nitrogens is 1. The van der Waals surface area contributed by atoms with Gasteiger partial charge in [0.25, 0.3) is 0 Å². The monoisotopic (exact) mass is 402 g/mol. The molecule has 1 aromatic carbocycles. The summed E-state index contributed by atoms with van der Waals surface area (Å²) in [5, 5.41) is 4.09. The molecule has 2 aromatic rings. The molecule has 0 aliphatic carbocycles. The van der Waals surface area contributed by atoms with Gasteiger partial charge in [0.2, 0.25) is 11.0 Å². The summed E-state index contributed by atoms with van der Waals surface area (Å²) in [6.07, 6.45) is 1.37. The molecule has 1 saturated heterocycles. The molecule has 0 unspecified atom stereocenters. The molecule has 152 valence electrons. The number of rotatable bonds is 7. The quantitative estimate of drug-likeness (QED) is 0.735. The zero-order valence-corrected chi connectivity index (χ0v) is 18.0. The van der Waals surface area contributed by atoms with Crippen molar-refractivity contribution in [1.29, 1.82) is 0 Å². The average Bonchev–Trinajstić information content (AvgIpc) is 3.10. The van der Waals surface area contributed by atoms with Crippen molar-refractivity contribution in [1.82, 2.24) is 14.7 Å². The fraction of sp³-hybridized carbons (Fsp3) is 0.571. The van der Waals surface area contributed by atoms with Gasteiger partial charge in [-0.05, 0) is 11.0 Å². The van der Waals surface area contributed by atoms with Gasteiger partial charge in [-0.2, -0.15) is 4.37 Å². The van der Waals surface area contributed by atoms with Crippen LogP contribution in [0.3, 0.4) is 0 Å². The van der Waals surface area contributed by atoms with E-state index in [1.165, 1.54) is 17.1 Å². The summed E-state index contributed by atoms with van der Waals surface area (Å²) in [6.45, 7) is 12.1. The summed E-state index contributed by atoms with van der Waals surface area (Å²) < 4.78 is 4.54. The molecule has 0 radical (unpaired) electrons. The molecule has 0 atom stereocenters. The number of nitrogens with one attached hydrogen (secondary N) is 2. The molecule has 1 fully saturated rings. The second-order valence-electron chi connectivity index (χ2n) is 8.73. The van der Waals surface area contributed by atoms with Crippen LogP contribution < -0.4 is 15.1 Å². The molecular weight excluding hydrogens is 370 g/mol. The Balaban J connectivity index is 1.39. The molecule has 0 saturated carbocycles. The first kappa shape index (κ1) is 20.7. The SMILES string of the molecule is CC(C)(C)CC(=O)NCC[NH+]1CCN(c2nc(Cc3ccccc3)ns2)CC1. The molecule has 28 heavy (non-hydrogen) atoms. The van der Waals surface area contributed by atoms with Gasteiger partial charge in [-0.25, -0.2) is 4.98 Å². The van der Waals surface area contributed by atoms with Crippen molar-refractivity contribution in [3.63, 3.8) is 0 Å². The number of carbonyl (C=O) groups is 1. The van der Waals surface area contributed by atoms with Crippen LogP contribution in [0, 0.1) is 5.41 Å². The summed E-state index contributed by atoms with van der Waals surface area (Å²) in [7, 11) is 0. The van der Waals surface area contributed by atoms with Gasteiger partial charge in [0.05, 0.1) is 39.3 Å². The Kier molecular flexibility index (Phi) is 7.02. The van der Waals surface area contributed by atoms with E-state index in [1.807, 2.05) is 6.07 Å². The Hall–Kier alpha value is -1.99. The van der Waals surface area contributed by atoms with Crippen LogP contribution >= 0.6 is 11.5 Å². The Bertz CT molecular complexity index is 748. The highest BCUT2D eigenvalue weighted by molar-refractivity contribution is 7.09. The summed E-state index contributed by atoms with van der Waals surface area (Å²) in [5.41, 5.74) is 1.29. The third kappa shape index (κ3) is 6.56. The summed E-state index contributed by atoms with van der Waals surface area (Å²) in [5.74, 6) is 1.06. The van der Waals surface area contributed by atoms with Crippen molar-refractivity contribution >= 4 is 22.6 Å². The second kappa shape index (κ2) is 9.47. The Morgan fingerprint density at radius 2 is 1.93 bits per heavy atom. The van der Waals surface area contributed by atoms with Gasteiger partial charge in [-0.15, -0.1) is 0 Å². The topological polar surface area (TPSA) is 62.6 Å². The highest BCUT2D eigenvalue weighted by Gasteiger charge is 2.23. The maximum atomic E-state index is 11.9. The minimum Gasteiger partial charge on any atom is -0.350 e. The molecule has 0 bridgehead atoms.